The van der Waals surface area contributed by atoms with Crippen molar-refractivity contribution < 1.29 is 32.5 Å². The summed E-state index contributed by atoms with van der Waals surface area (Å²) in [6, 6.07) is 14.9. The highest BCUT2D eigenvalue weighted by atomic mass is 32.2. The van der Waals surface area contributed by atoms with Crippen LogP contribution >= 0.6 is 0 Å². The van der Waals surface area contributed by atoms with Crippen LogP contribution in [0.15, 0.2) is 54.6 Å². The van der Waals surface area contributed by atoms with Gasteiger partial charge in [-0.05, 0) is 72.0 Å². The molecule has 0 aliphatic carbocycles. The average molecular weight is 554 g/mol. The molecule has 0 spiro atoms. The minimum atomic E-state index is -3.76. The van der Waals surface area contributed by atoms with Gasteiger partial charge >= 0.3 is 0 Å². The van der Waals surface area contributed by atoms with Gasteiger partial charge in [-0.15, -0.1) is 0 Å². The van der Waals surface area contributed by atoms with Crippen molar-refractivity contribution in [2.45, 2.75) is 18.9 Å². The molecular weight excluding hydrogens is 522 g/mol. The highest BCUT2D eigenvalue weighted by molar-refractivity contribution is 7.86. The van der Waals surface area contributed by atoms with Crippen LogP contribution in [-0.4, -0.2) is 68.9 Å². The van der Waals surface area contributed by atoms with Crippen LogP contribution in [0.25, 0.3) is 0 Å². The Labute approximate surface area is 227 Å². The first kappa shape index (κ1) is 26.8. The SMILES string of the molecule is COc1ccc2cc1OCCCNC(=O)c1cc(ccc1O)Oc1ccc3c(c1)CCN(S(=O)(=O)N(C)C)C23. The fraction of sp³-hybridized carbons (Fsp3) is 0.321. The summed E-state index contributed by atoms with van der Waals surface area (Å²) in [5.41, 5.74) is 2.62. The molecule has 2 N–H and O–H groups in total. The van der Waals surface area contributed by atoms with Gasteiger partial charge in [-0.2, -0.15) is 17.0 Å². The summed E-state index contributed by atoms with van der Waals surface area (Å²) in [6.45, 7) is 0.861. The Hall–Kier alpha value is -3.80. The monoisotopic (exact) mass is 553 g/mol. The largest absolute Gasteiger partial charge is 0.507 e. The number of carbonyl (C=O) groups is 1. The number of nitrogens with zero attached hydrogens (tertiary/aromatic N) is 2. The Morgan fingerprint density at radius 1 is 1.08 bits per heavy atom. The van der Waals surface area contributed by atoms with Crippen molar-refractivity contribution in [3.05, 3.63) is 76.9 Å². The molecule has 206 valence electrons. The zero-order valence-corrected chi connectivity index (χ0v) is 22.8. The number of amides is 1. The summed E-state index contributed by atoms with van der Waals surface area (Å²) < 4.78 is 47.1. The number of nitrogens with one attached hydrogen (secondary N) is 1. The second-order valence-corrected chi connectivity index (χ2v) is 11.7. The minimum Gasteiger partial charge on any atom is -0.507 e. The Bertz CT molecular complexity index is 1510. The number of benzene rings is 3. The first-order valence-electron chi connectivity index (χ1n) is 12.6. The van der Waals surface area contributed by atoms with E-state index in [1.165, 1.54) is 34.8 Å². The molecule has 0 radical (unpaired) electrons. The van der Waals surface area contributed by atoms with E-state index in [4.69, 9.17) is 14.2 Å². The molecule has 10 nitrogen and oxygen atoms in total. The van der Waals surface area contributed by atoms with E-state index in [1.54, 1.807) is 25.3 Å². The molecule has 0 saturated heterocycles. The molecule has 1 unspecified atom stereocenters. The Balaban J connectivity index is 1.65. The van der Waals surface area contributed by atoms with E-state index >= 15 is 0 Å². The van der Waals surface area contributed by atoms with Crippen LogP contribution in [0.3, 0.4) is 0 Å². The second-order valence-electron chi connectivity index (χ2n) is 9.56. The Morgan fingerprint density at radius 3 is 2.62 bits per heavy atom. The van der Waals surface area contributed by atoms with E-state index < -0.39 is 22.2 Å². The summed E-state index contributed by atoms with van der Waals surface area (Å²) in [5.74, 6) is 1.35. The van der Waals surface area contributed by atoms with Gasteiger partial charge in [0.1, 0.15) is 17.2 Å². The molecule has 0 fully saturated rings. The van der Waals surface area contributed by atoms with E-state index in [1.807, 2.05) is 24.3 Å². The number of aromatic hydroxyl groups is 1. The van der Waals surface area contributed by atoms with Gasteiger partial charge in [0.05, 0.1) is 25.3 Å². The van der Waals surface area contributed by atoms with E-state index in [0.717, 1.165) is 16.7 Å². The number of rotatable bonds is 3. The molecule has 3 aliphatic rings. The molecule has 0 saturated carbocycles. The molecular formula is C28H31N3O7S. The van der Waals surface area contributed by atoms with Crippen LogP contribution in [0.5, 0.6) is 28.7 Å². The van der Waals surface area contributed by atoms with Crippen molar-refractivity contribution in [1.29, 1.82) is 0 Å². The third kappa shape index (κ3) is 5.25. The summed E-state index contributed by atoms with van der Waals surface area (Å²) in [7, 11) is 0.836. The lowest BCUT2D eigenvalue weighted by Gasteiger charge is -2.38. The molecule has 3 aromatic rings. The first-order valence-corrected chi connectivity index (χ1v) is 14.0. The van der Waals surface area contributed by atoms with Gasteiger partial charge in [0.2, 0.25) is 0 Å². The van der Waals surface area contributed by atoms with E-state index in [0.29, 0.717) is 42.4 Å². The summed E-state index contributed by atoms with van der Waals surface area (Å²) in [5, 5.41) is 13.0. The summed E-state index contributed by atoms with van der Waals surface area (Å²) >= 11 is 0. The maximum absolute atomic E-state index is 13.4. The number of hydrogen-bond donors (Lipinski definition) is 2. The van der Waals surface area contributed by atoms with Crippen LogP contribution in [0.2, 0.25) is 0 Å². The third-order valence-corrected chi connectivity index (χ3v) is 8.78. The summed E-state index contributed by atoms with van der Waals surface area (Å²) in [4.78, 5) is 12.7. The van der Waals surface area contributed by atoms with Gasteiger partial charge in [0.15, 0.2) is 11.5 Å². The predicted octanol–water partition coefficient (Wildman–Crippen LogP) is 3.46. The number of phenolic OH excluding ortho intramolecular Hbond substituents is 1. The molecule has 3 heterocycles. The Morgan fingerprint density at radius 2 is 1.85 bits per heavy atom. The minimum absolute atomic E-state index is 0.103. The first-order chi connectivity index (χ1) is 18.7. The second kappa shape index (κ2) is 10.8. The normalized spacial score (nSPS) is 17.9. The van der Waals surface area contributed by atoms with Crippen LogP contribution < -0.4 is 19.5 Å². The number of methoxy groups -OCH3 is 1. The smallest absolute Gasteiger partial charge is 0.282 e. The lowest BCUT2D eigenvalue weighted by molar-refractivity contribution is 0.0948. The molecule has 1 atom stereocenters. The molecule has 0 aromatic heterocycles. The van der Waals surface area contributed by atoms with Crippen molar-refractivity contribution in [2.24, 2.45) is 0 Å². The molecule has 11 heteroatoms. The predicted molar refractivity (Wildman–Crippen MR) is 145 cm³/mol. The van der Waals surface area contributed by atoms with E-state index in [9.17, 15) is 18.3 Å². The fourth-order valence-electron chi connectivity index (χ4n) is 4.87. The Kier molecular flexibility index (Phi) is 7.39. The van der Waals surface area contributed by atoms with Gasteiger partial charge in [0.25, 0.3) is 16.1 Å². The third-order valence-electron chi connectivity index (χ3n) is 6.87. The van der Waals surface area contributed by atoms with Crippen molar-refractivity contribution in [2.75, 3.05) is 40.9 Å². The lowest BCUT2D eigenvalue weighted by Crippen LogP contribution is -2.46. The zero-order chi connectivity index (χ0) is 27.7. The van der Waals surface area contributed by atoms with Gasteiger partial charge in [-0.25, -0.2) is 0 Å². The molecule has 3 aromatic carbocycles. The maximum Gasteiger partial charge on any atom is 0.282 e. The molecule has 3 aliphatic heterocycles. The van der Waals surface area contributed by atoms with Crippen molar-refractivity contribution in [3.8, 4) is 28.7 Å². The molecule has 6 rings (SSSR count). The topological polar surface area (TPSA) is 118 Å². The zero-order valence-electron chi connectivity index (χ0n) is 22.0. The quantitative estimate of drug-likeness (QED) is 0.510. The number of ether oxygens (including phenoxy) is 3. The molecule has 8 bridgehead atoms. The van der Waals surface area contributed by atoms with Gasteiger partial charge in [-0.3, -0.25) is 4.79 Å². The highest BCUT2D eigenvalue weighted by Crippen LogP contribution is 2.42. The van der Waals surface area contributed by atoms with Crippen molar-refractivity contribution in [3.63, 3.8) is 0 Å². The van der Waals surface area contributed by atoms with Crippen LogP contribution in [0.4, 0.5) is 0 Å². The van der Waals surface area contributed by atoms with Crippen molar-refractivity contribution >= 4 is 16.1 Å². The standard InChI is InChI=1S/C28H31N3O7S/c1-30(2)39(34,35)31-13-11-18-15-20-6-8-22(18)27(31)19-5-10-25(36-3)26(16-19)37-14-4-12-29-28(33)23-17-21(38-20)7-9-24(23)32/h5-10,15-17,27,32H,4,11-14H2,1-3H3,(H,29,33). The van der Waals surface area contributed by atoms with Gasteiger partial charge < -0.3 is 24.6 Å². The van der Waals surface area contributed by atoms with Crippen LogP contribution in [0.1, 0.15) is 39.5 Å². The number of hydrogen-bond acceptors (Lipinski definition) is 7. The highest BCUT2D eigenvalue weighted by Gasteiger charge is 2.38. The van der Waals surface area contributed by atoms with E-state index in [-0.39, 0.29) is 24.5 Å². The number of carbonyl (C=O) groups excluding carboxylic acids is 1. The van der Waals surface area contributed by atoms with E-state index in [2.05, 4.69) is 5.32 Å². The van der Waals surface area contributed by atoms with Gasteiger partial charge in [-0.1, -0.05) is 12.1 Å². The molecule has 39 heavy (non-hydrogen) atoms. The maximum atomic E-state index is 13.4. The van der Waals surface area contributed by atoms with Gasteiger partial charge in [0, 0.05) is 27.2 Å². The lowest BCUT2D eigenvalue weighted by atomic mass is 9.89. The van der Waals surface area contributed by atoms with Crippen molar-refractivity contribution in [1.82, 2.24) is 13.9 Å². The number of phenols is 1. The van der Waals surface area contributed by atoms with Crippen LogP contribution in [0, 0.1) is 0 Å². The van der Waals surface area contributed by atoms with Crippen LogP contribution in [-0.2, 0) is 16.6 Å². The summed E-state index contributed by atoms with van der Waals surface area (Å²) in [6.07, 6.45) is 0.977. The fourth-order valence-corrected chi connectivity index (χ4v) is 6.12. The number of fused-ring (bicyclic) bond motifs is 6. The average Bonchev–Trinajstić information content (AvgIpc) is 2.92. The molecule has 1 amide bonds.